The molecular formula is C19H29N. The van der Waals surface area contributed by atoms with Crippen molar-refractivity contribution in [2.75, 3.05) is 6.54 Å². The lowest BCUT2D eigenvalue weighted by Gasteiger charge is -2.21. The van der Waals surface area contributed by atoms with E-state index in [9.17, 15) is 0 Å². The molecule has 0 aliphatic heterocycles. The highest BCUT2D eigenvalue weighted by Crippen LogP contribution is 2.62. The van der Waals surface area contributed by atoms with Gasteiger partial charge in [-0.1, -0.05) is 51.5 Å². The van der Waals surface area contributed by atoms with Gasteiger partial charge >= 0.3 is 0 Å². The summed E-state index contributed by atoms with van der Waals surface area (Å²) in [5, 5.41) is 3.75. The second-order valence-corrected chi connectivity index (χ2v) is 7.21. The first-order chi connectivity index (χ1) is 9.70. The Morgan fingerprint density at radius 2 is 1.75 bits per heavy atom. The van der Waals surface area contributed by atoms with E-state index in [1.807, 2.05) is 0 Å². The highest BCUT2D eigenvalue weighted by Gasteiger charge is 2.55. The van der Waals surface area contributed by atoms with E-state index in [1.165, 1.54) is 36.8 Å². The second kappa shape index (κ2) is 5.89. The molecule has 110 valence electrons. The van der Waals surface area contributed by atoms with Gasteiger partial charge in [-0.2, -0.15) is 0 Å². The van der Waals surface area contributed by atoms with Crippen LogP contribution in [0.3, 0.4) is 0 Å². The lowest BCUT2D eigenvalue weighted by Crippen LogP contribution is -2.24. The molecule has 3 rings (SSSR count). The van der Waals surface area contributed by atoms with E-state index in [0.29, 0.717) is 6.04 Å². The van der Waals surface area contributed by atoms with Crippen LogP contribution in [0.5, 0.6) is 0 Å². The monoisotopic (exact) mass is 271 g/mol. The van der Waals surface area contributed by atoms with E-state index in [1.54, 1.807) is 0 Å². The minimum atomic E-state index is 0.600. The van der Waals surface area contributed by atoms with Gasteiger partial charge in [-0.15, -0.1) is 0 Å². The molecule has 1 heteroatoms. The third-order valence-corrected chi connectivity index (χ3v) is 5.26. The summed E-state index contributed by atoms with van der Waals surface area (Å²) in [6.07, 6.45) is 5.62. The summed E-state index contributed by atoms with van der Waals surface area (Å²) in [7, 11) is 0. The highest BCUT2D eigenvalue weighted by molar-refractivity contribution is 5.28. The molecule has 0 aromatic heterocycles. The molecular weight excluding hydrogens is 242 g/mol. The van der Waals surface area contributed by atoms with Crippen molar-refractivity contribution in [2.24, 2.45) is 23.7 Å². The second-order valence-electron chi connectivity index (χ2n) is 7.21. The molecule has 20 heavy (non-hydrogen) atoms. The van der Waals surface area contributed by atoms with Crippen LogP contribution in [-0.2, 0) is 6.42 Å². The molecule has 0 amide bonds. The van der Waals surface area contributed by atoms with Gasteiger partial charge in [-0.3, -0.25) is 0 Å². The van der Waals surface area contributed by atoms with E-state index in [4.69, 9.17) is 0 Å². The van der Waals surface area contributed by atoms with E-state index in [2.05, 4.69) is 50.4 Å². The number of fused-ring (bicyclic) bond motifs is 1. The average molecular weight is 271 g/mol. The van der Waals surface area contributed by atoms with E-state index in [0.717, 1.165) is 30.2 Å². The summed E-state index contributed by atoms with van der Waals surface area (Å²) >= 11 is 0. The Balaban J connectivity index is 1.71. The predicted molar refractivity (Wildman–Crippen MR) is 85.7 cm³/mol. The van der Waals surface area contributed by atoms with E-state index in [-0.39, 0.29) is 0 Å². The first-order valence-electron chi connectivity index (χ1n) is 8.53. The van der Waals surface area contributed by atoms with Gasteiger partial charge in [0.1, 0.15) is 0 Å². The summed E-state index contributed by atoms with van der Waals surface area (Å²) in [4.78, 5) is 0. The lowest BCUT2D eigenvalue weighted by atomic mass is 9.94. The lowest BCUT2D eigenvalue weighted by molar-refractivity contribution is 0.426. The minimum absolute atomic E-state index is 0.600. The van der Waals surface area contributed by atoms with Gasteiger partial charge in [-0.05, 0) is 60.6 Å². The molecule has 1 aromatic rings. The Labute approximate surface area is 124 Å². The number of nitrogens with one attached hydrogen (secondary N) is 1. The first-order valence-corrected chi connectivity index (χ1v) is 8.53. The Hall–Kier alpha value is -0.820. The molecule has 0 radical (unpaired) electrons. The van der Waals surface area contributed by atoms with Crippen molar-refractivity contribution < 1.29 is 0 Å². The maximum Gasteiger partial charge on any atom is 0.0354 e. The Kier molecular flexibility index (Phi) is 4.16. The third kappa shape index (κ3) is 2.79. The molecule has 1 nitrogen and oxygen atoms in total. The first kappa shape index (κ1) is 14.1. The van der Waals surface area contributed by atoms with Crippen LogP contribution in [0, 0.1) is 23.7 Å². The number of hydrogen-bond acceptors (Lipinski definition) is 1. The largest absolute Gasteiger partial charge is 0.310 e. The van der Waals surface area contributed by atoms with E-state index >= 15 is 0 Å². The fourth-order valence-electron chi connectivity index (χ4n) is 4.40. The van der Waals surface area contributed by atoms with Gasteiger partial charge in [0.15, 0.2) is 0 Å². The SMILES string of the molecule is CCNC(c1ccc(CC(C)C)cc1)C1C2CCCC21. The van der Waals surface area contributed by atoms with Crippen LogP contribution in [0.4, 0.5) is 0 Å². The van der Waals surface area contributed by atoms with Crippen LogP contribution >= 0.6 is 0 Å². The van der Waals surface area contributed by atoms with Crippen LogP contribution < -0.4 is 5.32 Å². The van der Waals surface area contributed by atoms with Crippen LogP contribution in [0.25, 0.3) is 0 Å². The molecule has 0 heterocycles. The average Bonchev–Trinajstić information content (AvgIpc) is 2.88. The highest BCUT2D eigenvalue weighted by atomic mass is 14.9. The zero-order valence-electron chi connectivity index (χ0n) is 13.2. The topological polar surface area (TPSA) is 12.0 Å². The third-order valence-electron chi connectivity index (χ3n) is 5.26. The van der Waals surface area contributed by atoms with Gasteiger partial charge in [0.05, 0.1) is 0 Å². The Bertz CT molecular complexity index is 424. The Morgan fingerprint density at radius 3 is 2.30 bits per heavy atom. The molecule has 3 atom stereocenters. The predicted octanol–water partition coefficient (Wildman–Crippen LogP) is 4.58. The summed E-state index contributed by atoms with van der Waals surface area (Å²) in [6.45, 7) is 7.90. The van der Waals surface area contributed by atoms with Crippen LogP contribution in [-0.4, -0.2) is 6.54 Å². The van der Waals surface area contributed by atoms with Crippen LogP contribution in [0.2, 0.25) is 0 Å². The van der Waals surface area contributed by atoms with Crippen molar-refractivity contribution in [2.45, 2.75) is 52.5 Å². The Morgan fingerprint density at radius 1 is 1.10 bits per heavy atom. The maximum atomic E-state index is 3.75. The normalized spacial score (nSPS) is 29.5. The summed E-state index contributed by atoms with van der Waals surface area (Å²) < 4.78 is 0. The standard InChI is InChI=1S/C19H29N/c1-4-20-19(18-16-6-5-7-17(16)18)15-10-8-14(9-11-15)12-13(2)3/h8-11,13,16-20H,4-7,12H2,1-3H3. The number of hydrogen-bond donors (Lipinski definition) is 1. The fourth-order valence-corrected chi connectivity index (χ4v) is 4.40. The van der Waals surface area contributed by atoms with Crippen LogP contribution in [0.1, 0.15) is 57.2 Å². The van der Waals surface area contributed by atoms with Gasteiger partial charge in [0.2, 0.25) is 0 Å². The van der Waals surface area contributed by atoms with Crippen molar-refractivity contribution in [3.8, 4) is 0 Å². The minimum Gasteiger partial charge on any atom is -0.310 e. The van der Waals surface area contributed by atoms with Crippen molar-refractivity contribution in [1.29, 1.82) is 0 Å². The molecule has 3 unspecified atom stereocenters. The fraction of sp³-hybridized carbons (Fsp3) is 0.684. The molecule has 0 spiro atoms. The molecule has 1 aromatic carbocycles. The summed E-state index contributed by atoms with van der Waals surface area (Å²) in [5.41, 5.74) is 2.99. The van der Waals surface area contributed by atoms with Crippen LogP contribution in [0.15, 0.2) is 24.3 Å². The molecule has 0 saturated heterocycles. The van der Waals surface area contributed by atoms with Crippen molar-refractivity contribution in [3.05, 3.63) is 35.4 Å². The molecule has 2 aliphatic rings. The van der Waals surface area contributed by atoms with Gasteiger partial charge in [0, 0.05) is 6.04 Å². The van der Waals surface area contributed by atoms with E-state index < -0.39 is 0 Å². The molecule has 2 aliphatic carbocycles. The number of rotatable bonds is 6. The van der Waals surface area contributed by atoms with Crippen molar-refractivity contribution in [3.63, 3.8) is 0 Å². The maximum absolute atomic E-state index is 3.75. The molecule has 1 N–H and O–H groups in total. The van der Waals surface area contributed by atoms with Crippen molar-refractivity contribution >= 4 is 0 Å². The summed E-state index contributed by atoms with van der Waals surface area (Å²) in [5.74, 6) is 3.71. The molecule has 0 bridgehead atoms. The van der Waals surface area contributed by atoms with Gasteiger partial charge in [0.25, 0.3) is 0 Å². The number of benzene rings is 1. The smallest absolute Gasteiger partial charge is 0.0354 e. The van der Waals surface area contributed by atoms with Crippen molar-refractivity contribution in [1.82, 2.24) is 5.32 Å². The zero-order valence-corrected chi connectivity index (χ0v) is 13.2. The van der Waals surface area contributed by atoms with Gasteiger partial charge < -0.3 is 5.32 Å². The molecule has 2 fully saturated rings. The zero-order chi connectivity index (χ0) is 14.1. The van der Waals surface area contributed by atoms with Gasteiger partial charge in [-0.25, -0.2) is 0 Å². The molecule has 2 saturated carbocycles. The summed E-state index contributed by atoms with van der Waals surface area (Å²) in [6, 6.07) is 10.0. The quantitative estimate of drug-likeness (QED) is 0.798.